The number of carbonyl (C=O) groups excluding carboxylic acids is 2. The van der Waals surface area contributed by atoms with Crippen molar-refractivity contribution >= 4 is 67.5 Å². The van der Waals surface area contributed by atoms with Gasteiger partial charge in [-0.15, -0.1) is 0 Å². The predicted molar refractivity (Wildman–Crippen MR) is 244 cm³/mol. The van der Waals surface area contributed by atoms with E-state index in [9.17, 15) is 29.8 Å². The van der Waals surface area contributed by atoms with Crippen LogP contribution < -0.4 is 20.7 Å². The fourth-order valence-electron chi connectivity index (χ4n) is 9.97. The van der Waals surface area contributed by atoms with Crippen LogP contribution in [-0.2, 0) is 18.7 Å². The van der Waals surface area contributed by atoms with E-state index in [1.807, 2.05) is 84.9 Å². The number of fused-ring (bicyclic) bond motifs is 3. The summed E-state index contributed by atoms with van der Waals surface area (Å²) in [5.41, 5.74) is 4.84. The molecule has 0 spiro atoms. The van der Waals surface area contributed by atoms with E-state index in [0.29, 0.717) is 18.4 Å². The van der Waals surface area contributed by atoms with E-state index in [1.54, 1.807) is 24.3 Å². The number of carbonyl (C=O) groups is 2. The molecule has 2 fully saturated rings. The van der Waals surface area contributed by atoms with Gasteiger partial charge in [0, 0.05) is 5.56 Å². The second-order valence-electron chi connectivity index (χ2n) is 17.4. The molecule has 2 heterocycles. The number of phenols is 1. The summed E-state index contributed by atoms with van der Waals surface area (Å²) in [6.07, 6.45) is 2.70. The summed E-state index contributed by atoms with van der Waals surface area (Å²) in [5.74, 6) is -2.61. The van der Waals surface area contributed by atoms with E-state index in [-0.39, 0.29) is 53.1 Å². The summed E-state index contributed by atoms with van der Waals surface area (Å²) in [6, 6.07) is 44.1. The van der Waals surface area contributed by atoms with Crippen molar-refractivity contribution in [2.24, 2.45) is 17.8 Å². The number of rotatable bonds is 12. The van der Waals surface area contributed by atoms with Gasteiger partial charge in [-0.1, -0.05) is 142 Å². The van der Waals surface area contributed by atoms with Crippen LogP contribution in [0, 0.1) is 17.8 Å². The van der Waals surface area contributed by atoms with E-state index in [0.717, 1.165) is 32.7 Å². The van der Waals surface area contributed by atoms with E-state index < -0.39 is 46.4 Å². The zero-order valence-corrected chi connectivity index (χ0v) is 35.7. The Morgan fingerprint density at radius 1 is 0.836 bits per heavy atom. The first-order valence-corrected chi connectivity index (χ1v) is 23.0. The van der Waals surface area contributed by atoms with Gasteiger partial charge in [-0.05, 0) is 98.9 Å². The molecule has 3 aliphatic rings. The van der Waals surface area contributed by atoms with Crippen LogP contribution in [0.25, 0.3) is 11.6 Å². The Morgan fingerprint density at radius 3 is 2.08 bits per heavy atom. The standard InChI is InChI=1S/C49H51B2NO8Si/c1-49(2,3)61(39-21-9-5-10-22-39,40-23-11-6-12-24-40)59-32-36-29-41-46(48(55)52(47(41)54)38-20-15-19-37(30-38)51(57)58)42-31-50(56)60-44(45(36)42)27-26-34(33-16-7-4-8-17-33)28-35-18-13-14-25-43(35)53/h4-25,28,30,41-42,44,46,53,56-58H,26-27,29,31-32H2,1-3H3/b34-28-/t41-,42+,44-,46-/m1/s1. The van der Waals surface area contributed by atoms with Crippen LogP contribution >= 0.6 is 0 Å². The maximum atomic E-state index is 14.7. The van der Waals surface area contributed by atoms with Crippen molar-refractivity contribution in [3.05, 3.63) is 162 Å². The largest absolute Gasteiger partial charge is 0.507 e. The Kier molecular flexibility index (Phi) is 12.2. The second kappa shape index (κ2) is 17.6. The van der Waals surface area contributed by atoms with Crippen molar-refractivity contribution in [2.75, 3.05) is 11.5 Å². The van der Waals surface area contributed by atoms with Gasteiger partial charge >= 0.3 is 14.2 Å². The molecule has 2 amide bonds. The van der Waals surface area contributed by atoms with Crippen molar-refractivity contribution in [3.63, 3.8) is 0 Å². The maximum absolute atomic E-state index is 14.7. The van der Waals surface area contributed by atoms with Gasteiger partial charge < -0.3 is 29.3 Å². The first-order valence-electron chi connectivity index (χ1n) is 21.1. The Morgan fingerprint density at radius 2 is 1.46 bits per heavy atom. The molecule has 5 aromatic carbocycles. The number of amides is 2. The third-order valence-corrected chi connectivity index (χ3v) is 17.7. The summed E-state index contributed by atoms with van der Waals surface area (Å²) in [7, 11) is -6.04. The van der Waals surface area contributed by atoms with Crippen LogP contribution in [0.3, 0.4) is 0 Å². The first kappa shape index (κ1) is 42.4. The first-order chi connectivity index (χ1) is 29.4. The maximum Gasteiger partial charge on any atom is 0.488 e. The molecule has 0 bridgehead atoms. The quantitative estimate of drug-likeness (QED) is 0.0523. The molecule has 0 unspecified atom stereocenters. The van der Waals surface area contributed by atoms with Crippen molar-refractivity contribution < 1.29 is 38.8 Å². The van der Waals surface area contributed by atoms with Crippen LogP contribution in [0.2, 0.25) is 11.4 Å². The zero-order chi connectivity index (χ0) is 42.9. The van der Waals surface area contributed by atoms with E-state index in [1.165, 1.54) is 17.0 Å². The average Bonchev–Trinajstić information content (AvgIpc) is 3.51. The second-order valence-corrected chi connectivity index (χ2v) is 21.7. The number of hydrogen-bond acceptors (Lipinski definition) is 8. The number of anilines is 1. The molecule has 12 heteroatoms. The highest BCUT2D eigenvalue weighted by molar-refractivity contribution is 6.99. The number of imide groups is 1. The lowest BCUT2D eigenvalue weighted by molar-refractivity contribution is -0.122. The van der Waals surface area contributed by atoms with Gasteiger partial charge in [0.05, 0.1) is 30.2 Å². The van der Waals surface area contributed by atoms with Gasteiger partial charge in [0.1, 0.15) is 5.75 Å². The molecule has 61 heavy (non-hydrogen) atoms. The van der Waals surface area contributed by atoms with Gasteiger partial charge in [0.25, 0.3) is 8.32 Å². The summed E-state index contributed by atoms with van der Waals surface area (Å²) < 4.78 is 14.0. The van der Waals surface area contributed by atoms with Gasteiger partial charge in [-0.25, -0.2) is 0 Å². The number of benzene rings is 5. The van der Waals surface area contributed by atoms with Gasteiger partial charge in [0.2, 0.25) is 11.8 Å². The number of hydrogen-bond donors (Lipinski definition) is 4. The van der Waals surface area contributed by atoms with Crippen LogP contribution in [0.15, 0.2) is 151 Å². The Balaban J connectivity index is 1.23. The SMILES string of the molecule is CC(C)(C)[Si](OCC1=C2[C@@H](CC/C(=C/c3ccccc3O)c3ccccc3)OB(O)C[C@@H]2[C@@H]2C(=O)N(c3cccc(B(O)O)c3)C(=O)[C@@H]2C1)(c1ccccc1)c1ccccc1. The zero-order valence-electron chi connectivity index (χ0n) is 34.7. The highest BCUT2D eigenvalue weighted by Crippen LogP contribution is 2.52. The van der Waals surface area contributed by atoms with Gasteiger partial charge in [-0.2, -0.15) is 0 Å². The van der Waals surface area contributed by atoms with Crippen LogP contribution in [0.5, 0.6) is 5.75 Å². The normalized spacial score (nSPS) is 20.8. The molecule has 0 radical (unpaired) electrons. The third kappa shape index (κ3) is 8.24. The molecule has 1 aliphatic carbocycles. The lowest BCUT2D eigenvalue weighted by Gasteiger charge is -2.46. The molecule has 9 nitrogen and oxygen atoms in total. The molecule has 2 saturated heterocycles. The molecule has 4 N–H and O–H groups in total. The molecular formula is C49H51B2NO8Si. The molecule has 310 valence electrons. The Hall–Kier alpha value is -5.33. The summed E-state index contributed by atoms with van der Waals surface area (Å²) in [4.78, 5) is 30.5. The van der Waals surface area contributed by atoms with Crippen LogP contribution in [0.1, 0.15) is 51.2 Å². The van der Waals surface area contributed by atoms with E-state index in [4.69, 9.17) is 9.08 Å². The molecule has 8 rings (SSSR count). The Labute approximate surface area is 359 Å². The van der Waals surface area contributed by atoms with Crippen molar-refractivity contribution in [1.82, 2.24) is 0 Å². The van der Waals surface area contributed by atoms with Crippen molar-refractivity contribution in [2.45, 2.75) is 57.5 Å². The lowest BCUT2D eigenvalue weighted by atomic mass is 9.58. The minimum Gasteiger partial charge on any atom is -0.507 e. The molecule has 0 saturated carbocycles. The molecule has 5 aromatic rings. The number of allylic oxidation sites excluding steroid dienone is 1. The minimum absolute atomic E-state index is 0.122. The third-order valence-electron chi connectivity index (χ3n) is 12.7. The van der Waals surface area contributed by atoms with Crippen molar-refractivity contribution in [1.29, 1.82) is 0 Å². The topological polar surface area (TPSA) is 137 Å². The molecule has 2 aliphatic heterocycles. The van der Waals surface area contributed by atoms with Crippen LogP contribution in [0.4, 0.5) is 5.69 Å². The van der Waals surface area contributed by atoms with Gasteiger partial charge in [0.15, 0.2) is 0 Å². The molecule has 4 atom stereocenters. The lowest BCUT2D eigenvalue weighted by Crippen LogP contribution is -2.66. The molecule has 0 aromatic heterocycles. The summed E-state index contributed by atoms with van der Waals surface area (Å²) in [5, 5.41) is 44.1. The highest BCUT2D eigenvalue weighted by Gasteiger charge is 2.58. The van der Waals surface area contributed by atoms with Crippen molar-refractivity contribution in [3.8, 4) is 5.75 Å². The number of phenolic OH excluding ortho intramolecular Hbond substituents is 1. The number of aromatic hydroxyl groups is 1. The molecular weight excluding hydrogens is 780 g/mol. The van der Waals surface area contributed by atoms with Crippen LogP contribution in [-0.4, -0.2) is 67.3 Å². The average molecular weight is 832 g/mol. The number of nitrogens with zero attached hydrogens (tertiary/aromatic N) is 1. The minimum atomic E-state index is -3.07. The highest BCUT2D eigenvalue weighted by atomic mass is 28.4. The van der Waals surface area contributed by atoms with E-state index in [2.05, 4.69) is 45.0 Å². The van der Waals surface area contributed by atoms with Gasteiger partial charge in [-0.3, -0.25) is 14.5 Å². The summed E-state index contributed by atoms with van der Waals surface area (Å²) in [6.45, 7) is 6.84. The Bertz CT molecular complexity index is 2400. The fourth-order valence-corrected chi connectivity index (χ4v) is 14.5. The number of para-hydroxylation sites is 1. The van der Waals surface area contributed by atoms with E-state index >= 15 is 0 Å². The predicted octanol–water partition coefficient (Wildman–Crippen LogP) is 5.97. The monoisotopic (exact) mass is 831 g/mol. The fraction of sp³-hybridized carbons (Fsp3) is 0.265. The smallest absolute Gasteiger partial charge is 0.488 e. The summed E-state index contributed by atoms with van der Waals surface area (Å²) >= 11 is 0.